The van der Waals surface area contributed by atoms with Crippen LogP contribution in [0.15, 0.2) is 78.9 Å². The van der Waals surface area contributed by atoms with Crippen molar-refractivity contribution >= 4 is 17.8 Å². The van der Waals surface area contributed by atoms with Gasteiger partial charge in [-0.1, -0.05) is 99.0 Å². The molecule has 9 nitrogen and oxygen atoms in total. The minimum Gasteiger partial charge on any atom is -0.482 e. The maximum absolute atomic E-state index is 12.4. The van der Waals surface area contributed by atoms with E-state index in [2.05, 4.69) is 13.0 Å². The molecule has 0 heterocycles. The van der Waals surface area contributed by atoms with Gasteiger partial charge in [-0.3, -0.25) is 10.2 Å². The lowest BCUT2D eigenvalue weighted by Gasteiger charge is -2.32. The van der Waals surface area contributed by atoms with E-state index in [4.69, 9.17) is 29.4 Å². The van der Waals surface area contributed by atoms with Gasteiger partial charge in [0.2, 0.25) is 5.90 Å². The fourth-order valence-electron chi connectivity index (χ4n) is 7.17. The van der Waals surface area contributed by atoms with Crippen molar-refractivity contribution in [2.45, 2.75) is 96.6 Å². The monoisotopic (exact) mass is 671 g/mol. The Morgan fingerprint density at radius 3 is 2.24 bits per heavy atom. The smallest absolute Gasteiger partial charge is 0.344 e. The molecule has 5 atom stereocenters. The number of aliphatic hydroxyl groups is 1. The average molecular weight is 672 g/mol. The number of hydrogen-bond donors (Lipinski definition) is 2. The third-order valence-corrected chi connectivity index (χ3v) is 9.72. The Hall–Kier alpha value is -4.21. The van der Waals surface area contributed by atoms with Crippen LogP contribution in [0.4, 0.5) is 0 Å². The highest BCUT2D eigenvalue weighted by Gasteiger charge is 2.45. The molecule has 3 aromatic carbocycles. The summed E-state index contributed by atoms with van der Waals surface area (Å²) in [7, 11) is 0. The summed E-state index contributed by atoms with van der Waals surface area (Å²) in [6, 6.07) is 24.9. The van der Waals surface area contributed by atoms with E-state index < -0.39 is 18.0 Å². The Balaban J connectivity index is 1.11. The zero-order chi connectivity index (χ0) is 34.4. The normalized spacial score (nSPS) is 20.0. The van der Waals surface area contributed by atoms with Crippen molar-refractivity contribution in [1.82, 2.24) is 0 Å². The lowest BCUT2D eigenvalue weighted by atomic mass is 9.73. The molecule has 1 fully saturated rings. The van der Waals surface area contributed by atoms with Gasteiger partial charge in [0.25, 0.3) is 0 Å². The summed E-state index contributed by atoms with van der Waals surface area (Å²) < 4.78 is 16.6. The highest BCUT2D eigenvalue weighted by atomic mass is 17.2. The second-order valence-electron chi connectivity index (χ2n) is 13.2. The van der Waals surface area contributed by atoms with Crippen LogP contribution in [0.5, 0.6) is 5.75 Å². The molecule has 3 aromatic rings. The Labute approximate surface area is 289 Å². The van der Waals surface area contributed by atoms with Gasteiger partial charge in [0.05, 0.1) is 6.10 Å². The molecule has 0 bridgehead atoms. The molecule has 9 heteroatoms. The maximum atomic E-state index is 12.4. The van der Waals surface area contributed by atoms with Gasteiger partial charge in [-0.15, -0.1) is 0 Å². The van der Waals surface area contributed by atoms with E-state index in [0.717, 1.165) is 68.1 Å². The molecule has 0 saturated heterocycles. The zero-order valence-corrected chi connectivity index (χ0v) is 28.4. The standard InChI is InChI=1S/C40H49NO8/c1-2-3-6-17-32(48-49-38(41)24-39(43)46-25-28-12-7-4-8-13-28)19-20-33-34-21-30-16-11-18-37(35(30)22-31(34)23-36(33)42)45-27-40(44)47-26-29-14-9-5-10-15-29/h4-5,7-16,18,31-34,36,41-42H,2-3,6,17,19-27H2,1H3. The van der Waals surface area contributed by atoms with Gasteiger partial charge in [-0.05, 0) is 84.6 Å². The summed E-state index contributed by atoms with van der Waals surface area (Å²) in [6.07, 6.45) is 6.69. The molecule has 0 spiro atoms. The van der Waals surface area contributed by atoms with E-state index in [9.17, 15) is 14.7 Å². The van der Waals surface area contributed by atoms with E-state index in [1.807, 2.05) is 72.8 Å². The van der Waals surface area contributed by atoms with Crippen molar-refractivity contribution in [2.75, 3.05) is 6.61 Å². The van der Waals surface area contributed by atoms with Crippen LogP contribution >= 0.6 is 0 Å². The predicted octanol–water partition coefficient (Wildman–Crippen LogP) is 7.31. The maximum Gasteiger partial charge on any atom is 0.344 e. The second-order valence-corrected chi connectivity index (χ2v) is 13.2. The van der Waals surface area contributed by atoms with Crippen molar-refractivity contribution in [3.8, 4) is 5.75 Å². The minimum absolute atomic E-state index is 0.111. The highest BCUT2D eigenvalue weighted by molar-refractivity contribution is 5.92. The van der Waals surface area contributed by atoms with Gasteiger partial charge >= 0.3 is 11.9 Å². The van der Waals surface area contributed by atoms with Gasteiger partial charge in [-0.2, -0.15) is 4.89 Å². The van der Waals surface area contributed by atoms with Crippen LogP contribution in [0.2, 0.25) is 0 Å². The summed E-state index contributed by atoms with van der Waals surface area (Å²) in [5.74, 6) is 0.208. The molecule has 0 amide bonds. The molecule has 5 rings (SSSR count). The van der Waals surface area contributed by atoms with E-state index in [1.54, 1.807) is 0 Å². The summed E-state index contributed by atoms with van der Waals surface area (Å²) in [5, 5.41) is 19.4. The first kappa shape index (κ1) is 36.1. The number of esters is 2. The van der Waals surface area contributed by atoms with Gasteiger partial charge in [0.1, 0.15) is 31.5 Å². The molecule has 262 valence electrons. The highest BCUT2D eigenvalue weighted by Crippen LogP contribution is 2.48. The van der Waals surface area contributed by atoms with Crippen LogP contribution < -0.4 is 4.74 Å². The Bertz CT molecular complexity index is 1500. The van der Waals surface area contributed by atoms with Crippen LogP contribution in [0.1, 0.15) is 80.5 Å². The van der Waals surface area contributed by atoms with Crippen molar-refractivity contribution < 1.29 is 38.7 Å². The topological polar surface area (TPSA) is 124 Å². The predicted molar refractivity (Wildman–Crippen MR) is 185 cm³/mol. The molecule has 2 aliphatic carbocycles. The summed E-state index contributed by atoms with van der Waals surface area (Å²) in [6.45, 7) is 2.34. The fourth-order valence-corrected chi connectivity index (χ4v) is 7.17. The third kappa shape index (κ3) is 10.9. The molecule has 49 heavy (non-hydrogen) atoms. The summed E-state index contributed by atoms with van der Waals surface area (Å²) in [5.41, 5.74) is 4.11. The summed E-state index contributed by atoms with van der Waals surface area (Å²) in [4.78, 5) is 35.7. The molecule has 1 saturated carbocycles. The first-order chi connectivity index (χ1) is 23.9. The van der Waals surface area contributed by atoms with Crippen LogP contribution in [-0.2, 0) is 54.9 Å². The van der Waals surface area contributed by atoms with Crippen molar-refractivity contribution in [1.29, 1.82) is 5.41 Å². The number of nitrogens with one attached hydrogen (secondary N) is 1. The van der Waals surface area contributed by atoms with E-state index in [-0.39, 0.29) is 44.2 Å². The lowest BCUT2D eigenvalue weighted by molar-refractivity contribution is -0.265. The molecular weight excluding hydrogens is 622 g/mol. The van der Waals surface area contributed by atoms with E-state index in [1.165, 1.54) is 5.56 Å². The number of carbonyl (C=O) groups is 2. The van der Waals surface area contributed by atoms with Gasteiger partial charge < -0.3 is 24.2 Å². The van der Waals surface area contributed by atoms with Gasteiger partial charge in [0.15, 0.2) is 6.61 Å². The van der Waals surface area contributed by atoms with Gasteiger partial charge in [0, 0.05) is 0 Å². The largest absolute Gasteiger partial charge is 0.482 e. The molecule has 5 unspecified atom stereocenters. The number of hydrogen-bond acceptors (Lipinski definition) is 9. The number of benzene rings is 3. The van der Waals surface area contributed by atoms with Crippen molar-refractivity contribution in [2.24, 2.45) is 17.8 Å². The number of aliphatic hydroxyl groups excluding tert-OH is 1. The molecule has 0 aromatic heterocycles. The van der Waals surface area contributed by atoms with Crippen LogP contribution in [0.25, 0.3) is 0 Å². The molecule has 0 aliphatic heterocycles. The zero-order valence-electron chi connectivity index (χ0n) is 28.4. The number of carbonyl (C=O) groups excluding carboxylic acids is 2. The number of ether oxygens (including phenoxy) is 3. The summed E-state index contributed by atoms with van der Waals surface area (Å²) >= 11 is 0. The number of fused-ring (bicyclic) bond motifs is 2. The Morgan fingerprint density at radius 2 is 1.55 bits per heavy atom. The Morgan fingerprint density at radius 1 is 0.857 bits per heavy atom. The van der Waals surface area contributed by atoms with Crippen LogP contribution in [0.3, 0.4) is 0 Å². The molecule has 2 aliphatic rings. The average Bonchev–Trinajstić information content (AvgIpc) is 3.43. The lowest BCUT2D eigenvalue weighted by Crippen LogP contribution is -2.28. The quantitative estimate of drug-likeness (QED) is 0.0360. The number of rotatable bonds is 18. The van der Waals surface area contributed by atoms with Crippen LogP contribution in [-0.4, -0.2) is 41.8 Å². The van der Waals surface area contributed by atoms with Gasteiger partial charge in [-0.25, -0.2) is 4.79 Å². The first-order valence-corrected chi connectivity index (χ1v) is 17.6. The Kier molecular flexibility index (Phi) is 13.6. The van der Waals surface area contributed by atoms with E-state index >= 15 is 0 Å². The fraction of sp³-hybridized carbons (Fsp3) is 0.475. The van der Waals surface area contributed by atoms with Crippen LogP contribution in [0, 0.1) is 23.2 Å². The van der Waals surface area contributed by atoms with Crippen molar-refractivity contribution in [3.63, 3.8) is 0 Å². The SMILES string of the molecule is CCCCCC(CCC1C(O)CC2Cc3c(cccc3OCC(=O)OCc3ccccc3)CC21)OOC(=N)CC(=O)OCc1ccccc1. The minimum atomic E-state index is -0.547. The third-order valence-electron chi connectivity index (χ3n) is 9.72. The first-order valence-electron chi connectivity index (χ1n) is 17.6. The molecule has 0 radical (unpaired) electrons. The van der Waals surface area contributed by atoms with E-state index in [0.29, 0.717) is 24.0 Å². The molecule has 2 N–H and O–H groups in total. The second kappa shape index (κ2) is 18.5. The van der Waals surface area contributed by atoms with Crippen molar-refractivity contribution in [3.05, 3.63) is 101 Å². The number of unbranched alkanes of at least 4 members (excludes halogenated alkanes) is 2. The molecular formula is C40H49NO8.